The molecule has 0 aromatic heterocycles. The lowest BCUT2D eigenvalue weighted by atomic mass is 9.94. The Labute approximate surface area is 85.1 Å². The fourth-order valence-electron chi connectivity index (χ4n) is 2.12. The van der Waals surface area contributed by atoms with Crippen LogP contribution < -0.4 is 5.73 Å². The van der Waals surface area contributed by atoms with Crippen LogP contribution in [0.15, 0.2) is 0 Å². The van der Waals surface area contributed by atoms with Crippen LogP contribution in [0.25, 0.3) is 0 Å². The van der Waals surface area contributed by atoms with Gasteiger partial charge >= 0.3 is 5.97 Å². The molecule has 1 fully saturated rings. The summed E-state index contributed by atoms with van der Waals surface area (Å²) in [6.45, 7) is 5.33. The van der Waals surface area contributed by atoms with Crippen LogP contribution in [-0.2, 0) is 4.79 Å². The fraction of sp³-hybridized carbons (Fsp3) is 0.900. The first-order valence-corrected chi connectivity index (χ1v) is 5.24. The van der Waals surface area contributed by atoms with Crippen molar-refractivity contribution < 1.29 is 9.90 Å². The molecule has 0 bridgehead atoms. The van der Waals surface area contributed by atoms with Crippen molar-refractivity contribution in [3.8, 4) is 0 Å². The average molecular weight is 200 g/mol. The molecule has 1 aliphatic rings. The summed E-state index contributed by atoms with van der Waals surface area (Å²) >= 11 is 0. The van der Waals surface area contributed by atoms with Gasteiger partial charge in [0.25, 0.3) is 0 Å². The van der Waals surface area contributed by atoms with Gasteiger partial charge in [0.1, 0.15) is 5.54 Å². The molecule has 4 heteroatoms. The third-order valence-corrected chi connectivity index (χ3v) is 3.12. The highest BCUT2D eigenvalue weighted by molar-refractivity contribution is 5.78. The van der Waals surface area contributed by atoms with Gasteiger partial charge in [-0.2, -0.15) is 0 Å². The summed E-state index contributed by atoms with van der Waals surface area (Å²) in [7, 11) is 0. The molecule has 1 saturated heterocycles. The lowest BCUT2D eigenvalue weighted by Crippen LogP contribution is -2.51. The maximum Gasteiger partial charge on any atom is 0.323 e. The zero-order valence-electron chi connectivity index (χ0n) is 8.99. The van der Waals surface area contributed by atoms with Crippen molar-refractivity contribution in [2.45, 2.75) is 44.7 Å². The summed E-state index contributed by atoms with van der Waals surface area (Å²) in [6.07, 6.45) is 2.48. The van der Waals surface area contributed by atoms with Crippen molar-refractivity contribution in [3.63, 3.8) is 0 Å². The standard InChI is InChI=1S/C10H20N2O2/c1-3-5-10(2,9(13)14)12-6-4-8(11)7-12/h8H,3-7,11H2,1-2H3,(H,13,14). The topological polar surface area (TPSA) is 66.6 Å². The maximum atomic E-state index is 11.2. The Kier molecular flexibility index (Phi) is 3.50. The van der Waals surface area contributed by atoms with Gasteiger partial charge in [0.15, 0.2) is 0 Å². The van der Waals surface area contributed by atoms with Crippen LogP contribution in [-0.4, -0.2) is 40.6 Å². The minimum absolute atomic E-state index is 0.144. The summed E-state index contributed by atoms with van der Waals surface area (Å²) in [6, 6.07) is 0.144. The molecular formula is C10H20N2O2. The van der Waals surface area contributed by atoms with E-state index in [0.717, 1.165) is 19.4 Å². The molecule has 2 atom stereocenters. The minimum atomic E-state index is -0.728. The van der Waals surface area contributed by atoms with E-state index in [-0.39, 0.29) is 6.04 Å². The van der Waals surface area contributed by atoms with E-state index in [1.54, 1.807) is 6.92 Å². The number of likely N-dealkylation sites (tertiary alicyclic amines) is 1. The predicted molar refractivity (Wildman–Crippen MR) is 55.1 cm³/mol. The Morgan fingerprint density at radius 2 is 2.36 bits per heavy atom. The Hall–Kier alpha value is -0.610. The van der Waals surface area contributed by atoms with Gasteiger partial charge in [0.2, 0.25) is 0 Å². The Morgan fingerprint density at radius 1 is 1.71 bits per heavy atom. The van der Waals surface area contributed by atoms with E-state index in [1.165, 1.54) is 0 Å². The van der Waals surface area contributed by atoms with Crippen LogP contribution in [0.3, 0.4) is 0 Å². The van der Waals surface area contributed by atoms with Gasteiger partial charge in [-0.15, -0.1) is 0 Å². The van der Waals surface area contributed by atoms with E-state index in [9.17, 15) is 9.90 Å². The first-order valence-electron chi connectivity index (χ1n) is 5.24. The number of hydrogen-bond donors (Lipinski definition) is 2. The second-order valence-corrected chi connectivity index (χ2v) is 4.32. The molecule has 82 valence electrons. The van der Waals surface area contributed by atoms with Crippen LogP contribution in [0.2, 0.25) is 0 Å². The zero-order chi connectivity index (χ0) is 10.8. The van der Waals surface area contributed by atoms with Gasteiger partial charge in [0, 0.05) is 19.1 Å². The van der Waals surface area contributed by atoms with Crippen molar-refractivity contribution in [2.24, 2.45) is 5.73 Å². The summed E-state index contributed by atoms with van der Waals surface area (Å²) < 4.78 is 0. The molecule has 0 saturated carbocycles. The average Bonchev–Trinajstić information content (AvgIpc) is 2.52. The molecule has 1 aliphatic heterocycles. The quantitative estimate of drug-likeness (QED) is 0.699. The minimum Gasteiger partial charge on any atom is -0.480 e. The molecule has 2 unspecified atom stereocenters. The smallest absolute Gasteiger partial charge is 0.323 e. The number of carboxylic acid groups (broad SMARTS) is 1. The fourth-order valence-corrected chi connectivity index (χ4v) is 2.12. The van der Waals surface area contributed by atoms with Gasteiger partial charge in [-0.05, 0) is 19.8 Å². The number of rotatable bonds is 4. The molecule has 0 amide bonds. The van der Waals surface area contributed by atoms with E-state index in [2.05, 4.69) is 0 Å². The van der Waals surface area contributed by atoms with E-state index in [4.69, 9.17) is 5.73 Å². The van der Waals surface area contributed by atoms with Gasteiger partial charge < -0.3 is 10.8 Å². The number of hydrogen-bond acceptors (Lipinski definition) is 3. The number of aliphatic carboxylic acids is 1. The summed E-state index contributed by atoms with van der Waals surface area (Å²) in [5, 5.41) is 9.23. The van der Waals surface area contributed by atoms with E-state index in [1.807, 2.05) is 11.8 Å². The van der Waals surface area contributed by atoms with Gasteiger partial charge in [-0.1, -0.05) is 13.3 Å². The van der Waals surface area contributed by atoms with Gasteiger partial charge in [-0.3, -0.25) is 9.69 Å². The second kappa shape index (κ2) is 4.28. The highest BCUT2D eigenvalue weighted by atomic mass is 16.4. The highest BCUT2D eigenvalue weighted by Crippen LogP contribution is 2.25. The lowest BCUT2D eigenvalue weighted by molar-refractivity contribution is -0.150. The largest absolute Gasteiger partial charge is 0.480 e. The third kappa shape index (κ3) is 2.07. The van der Waals surface area contributed by atoms with Crippen molar-refractivity contribution in [3.05, 3.63) is 0 Å². The summed E-state index contributed by atoms with van der Waals surface area (Å²) in [5.74, 6) is -0.728. The van der Waals surface area contributed by atoms with Crippen LogP contribution in [0, 0.1) is 0 Å². The first-order chi connectivity index (χ1) is 6.50. The number of nitrogens with two attached hydrogens (primary N) is 1. The van der Waals surface area contributed by atoms with Crippen LogP contribution >= 0.6 is 0 Å². The Morgan fingerprint density at radius 3 is 2.71 bits per heavy atom. The van der Waals surface area contributed by atoms with Crippen molar-refractivity contribution in [2.75, 3.05) is 13.1 Å². The van der Waals surface area contributed by atoms with Crippen molar-refractivity contribution in [1.82, 2.24) is 4.90 Å². The summed E-state index contributed by atoms with van der Waals surface area (Å²) in [4.78, 5) is 13.2. The molecule has 3 N–H and O–H groups in total. The van der Waals surface area contributed by atoms with Crippen molar-refractivity contribution >= 4 is 5.97 Å². The van der Waals surface area contributed by atoms with Crippen LogP contribution in [0.5, 0.6) is 0 Å². The van der Waals surface area contributed by atoms with Gasteiger partial charge in [0.05, 0.1) is 0 Å². The number of carbonyl (C=O) groups is 1. The molecule has 0 radical (unpaired) electrons. The molecule has 14 heavy (non-hydrogen) atoms. The highest BCUT2D eigenvalue weighted by Gasteiger charge is 2.41. The van der Waals surface area contributed by atoms with Crippen LogP contribution in [0.1, 0.15) is 33.1 Å². The number of carboxylic acids is 1. The molecular weight excluding hydrogens is 180 g/mol. The molecule has 0 aromatic carbocycles. The van der Waals surface area contributed by atoms with Crippen molar-refractivity contribution in [1.29, 1.82) is 0 Å². The van der Waals surface area contributed by atoms with Crippen LogP contribution in [0.4, 0.5) is 0 Å². The first kappa shape index (κ1) is 11.5. The Bertz CT molecular complexity index is 220. The molecule has 0 aromatic rings. The van der Waals surface area contributed by atoms with E-state index in [0.29, 0.717) is 13.0 Å². The normalized spacial score (nSPS) is 27.5. The van der Waals surface area contributed by atoms with Gasteiger partial charge in [-0.25, -0.2) is 0 Å². The van der Waals surface area contributed by atoms with E-state index >= 15 is 0 Å². The third-order valence-electron chi connectivity index (χ3n) is 3.12. The maximum absolute atomic E-state index is 11.2. The zero-order valence-corrected chi connectivity index (χ0v) is 8.99. The predicted octanol–water partition coefficient (Wildman–Crippen LogP) is 0.663. The van der Waals surface area contributed by atoms with E-state index < -0.39 is 11.5 Å². The molecule has 0 aliphatic carbocycles. The SMILES string of the molecule is CCCC(C)(C(=O)O)N1CCC(N)C1. The molecule has 1 heterocycles. The monoisotopic (exact) mass is 200 g/mol. The molecule has 0 spiro atoms. The second-order valence-electron chi connectivity index (χ2n) is 4.32. The Balaban J connectivity index is 2.72. The molecule has 1 rings (SSSR count). The molecule has 4 nitrogen and oxygen atoms in total. The lowest BCUT2D eigenvalue weighted by Gasteiger charge is -2.34. The number of nitrogens with zero attached hydrogens (tertiary/aromatic N) is 1. The summed E-state index contributed by atoms with van der Waals surface area (Å²) in [5.41, 5.74) is 5.06.